The van der Waals surface area contributed by atoms with Crippen LogP contribution < -0.4 is 0 Å². The number of nitrogens with zero attached hydrogens (tertiary/aromatic N) is 5. The maximum atomic E-state index is 5.68. The van der Waals surface area contributed by atoms with E-state index in [-0.39, 0.29) is 0 Å². The van der Waals surface area contributed by atoms with E-state index in [1.54, 1.807) is 11.8 Å². The van der Waals surface area contributed by atoms with Crippen LogP contribution in [0.2, 0.25) is 0 Å². The van der Waals surface area contributed by atoms with Crippen molar-refractivity contribution in [2.24, 2.45) is 11.8 Å². The Morgan fingerprint density at radius 2 is 1.66 bits per heavy atom. The second-order valence-electron chi connectivity index (χ2n) is 8.63. The average molecular weight is 434 g/mol. The number of thiocarbonyl (C=S) groups is 1. The molecule has 1 saturated carbocycles. The van der Waals surface area contributed by atoms with Gasteiger partial charge >= 0.3 is 0 Å². The third-order valence-electron chi connectivity index (χ3n) is 6.27. The molecule has 29 heavy (non-hydrogen) atoms. The maximum absolute atomic E-state index is 5.68. The van der Waals surface area contributed by atoms with Gasteiger partial charge in [-0.3, -0.25) is 14.3 Å². The molecule has 0 radical (unpaired) electrons. The van der Waals surface area contributed by atoms with Crippen LogP contribution in [0.15, 0.2) is 12.1 Å². The smallest absolute Gasteiger partial charge is 0.0948 e. The Hall–Kier alpha value is -1.18. The van der Waals surface area contributed by atoms with Crippen molar-refractivity contribution in [1.29, 1.82) is 0 Å². The van der Waals surface area contributed by atoms with E-state index in [0.29, 0.717) is 17.9 Å². The van der Waals surface area contributed by atoms with E-state index in [9.17, 15) is 0 Å². The van der Waals surface area contributed by atoms with Gasteiger partial charge in [0.2, 0.25) is 0 Å². The summed E-state index contributed by atoms with van der Waals surface area (Å²) in [6, 6.07) is 4.73. The van der Waals surface area contributed by atoms with Crippen molar-refractivity contribution in [2.45, 2.75) is 79.7 Å². The van der Waals surface area contributed by atoms with Crippen molar-refractivity contribution in [3.8, 4) is 0 Å². The van der Waals surface area contributed by atoms with Gasteiger partial charge in [-0.15, -0.1) is 11.8 Å². The van der Waals surface area contributed by atoms with Crippen LogP contribution in [-0.4, -0.2) is 41.0 Å². The van der Waals surface area contributed by atoms with Crippen molar-refractivity contribution < 1.29 is 0 Å². The average Bonchev–Trinajstić information content (AvgIpc) is 3.33. The molecular weight excluding hydrogens is 398 g/mol. The van der Waals surface area contributed by atoms with Crippen LogP contribution in [0.25, 0.3) is 0 Å². The summed E-state index contributed by atoms with van der Waals surface area (Å²) in [4.78, 5) is 2.51. The lowest BCUT2D eigenvalue weighted by Gasteiger charge is -2.32. The highest BCUT2D eigenvalue weighted by Crippen LogP contribution is 2.39. The molecule has 2 heterocycles. The lowest BCUT2D eigenvalue weighted by molar-refractivity contribution is 0.0864. The number of aromatic nitrogens is 4. The van der Waals surface area contributed by atoms with E-state index in [1.165, 1.54) is 41.3 Å². The Kier molecular flexibility index (Phi) is 7.57. The summed E-state index contributed by atoms with van der Waals surface area (Å²) in [5, 5.41) is 9.42. The van der Waals surface area contributed by atoms with Gasteiger partial charge in [0, 0.05) is 23.3 Å². The minimum Gasteiger partial charge on any atom is -0.262 e. The van der Waals surface area contributed by atoms with E-state index in [1.807, 2.05) is 0 Å². The fourth-order valence-electron chi connectivity index (χ4n) is 4.67. The lowest BCUT2D eigenvalue weighted by Crippen LogP contribution is -2.39. The topological polar surface area (TPSA) is 38.9 Å². The van der Waals surface area contributed by atoms with E-state index >= 15 is 0 Å². The minimum atomic E-state index is 0.429. The molecule has 0 bridgehead atoms. The minimum absolute atomic E-state index is 0.429. The highest BCUT2D eigenvalue weighted by atomic mass is 32.2. The van der Waals surface area contributed by atoms with Gasteiger partial charge in [0.25, 0.3) is 0 Å². The van der Waals surface area contributed by atoms with Crippen LogP contribution in [0.1, 0.15) is 55.4 Å². The number of aryl methyl sites for hydroxylation is 4. The van der Waals surface area contributed by atoms with Crippen LogP contribution in [0.4, 0.5) is 0 Å². The molecule has 7 heteroatoms. The summed E-state index contributed by atoms with van der Waals surface area (Å²) < 4.78 is 5.44. The predicted molar refractivity (Wildman–Crippen MR) is 126 cm³/mol. The molecule has 1 aliphatic rings. The molecule has 0 amide bonds. The molecule has 0 N–H and O–H groups in total. The molecule has 2 aromatic rings. The van der Waals surface area contributed by atoms with E-state index < -0.39 is 0 Å². The van der Waals surface area contributed by atoms with E-state index in [0.717, 1.165) is 24.7 Å². The number of hydrogen-bond donors (Lipinski definition) is 0. The van der Waals surface area contributed by atoms with Crippen molar-refractivity contribution in [1.82, 2.24) is 24.5 Å². The summed E-state index contributed by atoms with van der Waals surface area (Å²) in [5.41, 5.74) is 4.55. The maximum Gasteiger partial charge on any atom is 0.0948 e. The van der Waals surface area contributed by atoms with Gasteiger partial charge in [0.1, 0.15) is 0 Å². The first kappa shape index (κ1) is 22.5. The zero-order valence-corrected chi connectivity index (χ0v) is 20.3. The molecule has 0 aliphatic heterocycles. The first-order valence-corrected chi connectivity index (χ1v) is 12.3. The molecule has 3 unspecified atom stereocenters. The predicted octanol–water partition coefficient (Wildman–Crippen LogP) is 5.12. The van der Waals surface area contributed by atoms with Crippen LogP contribution >= 0.6 is 24.0 Å². The summed E-state index contributed by atoms with van der Waals surface area (Å²) in [6.07, 6.45) is 7.15. The second kappa shape index (κ2) is 9.75. The first-order chi connectivity index (χ1) is 13.8. The quantitative estimate of drug-likeness (QED) is 0.541. The van der Waals surface area contributed by atoms with Gasteiger partial charge in [0.05, 0.1) is 28.9 Å². The zero-order chi connectivity index (χ0) is 21.1. The van der Waals surface area contributed by atoms with Gasteiger partial charge in [0.15, 0.2) is 0 Å². The summed E-state index contributed by atoms with van der Waals surface area (Å²) in [6.45, 7) is 12.3. The Bertz CT molecular complexity index is 792. The molecule has 3 atom stereocenters. The van der Waals surface area contributed by atoms with Crippen LogP contribution in [0, 0.1) is 39.5 Å². The molecule has 0 aromatic carbocycles. The highest BCUT2D eigenvalue weighted by Gasteiger charge is 2.32. The van der Waals surface area contributed by atoms with Gasteiger partial charge in [-0.05, 0) is 78.2 Å². The molecule has 5 nitrogen and oxygen atoms in total. The molecule has 3 rings (SSSR count). The third kappa shape index (κ3) is 5.50. The molecular formula is C22H35N5S2. The van der Waals surface area contributed by atoms with Gasteiger partial charge in [-0.1, -0.05) is 18.6 Å². The summed E-state index contributed by atoms with van der Waals surface area (Å²) in [7, 11) is 0. The Morgan fingerprint density at radius 1 is 1.10 bits per heavy atom. The summed E-state index contributed by atoms with van der Waals surface area (Å²) in [5.74, 6) is 1.28. The van der Waals surface area contributed by atoms with Crippen molar-refractivity contribution >= 4 is 28.2 Å². The summed E-state index contributed by atoms with van der Waals surface area (Å²) >= 11 is 7.45. The molecule has 1 fully saturated rings. The van der Waals surface area contributed by atoms with Crippen LogP contribution in [0.5, 0.6) is 0 Å². The van der Waals surface area contributed by atoms with E-state index in [2.05, 4.69) is 67.3 Å². The largest absolute Gasteiger partial charge is 0.262 e. The monoisotopic (exact) mass is 433 g/mol. The Labute approximate surface area is 185 Å². The fraction of sp³-hybridized carbons (Fsp3) is 0.682. The Balaban J connectivity index is 1.78. The van der Waals surface area contributed by atoms with Crippen molar-refractivity contribution in [3.63, 3.8) is 0 Å². The van der Waals surface area contributed by atoms with Gasteiger partial charge < -0.3 is 0 Å². The SMILES string of the molecule is CSC(=S)C1CCCC1CC(C)N(Cn1nc(C)cc1C)Cn1nc(C)cc1C. The molecule has 0 saturated heterocycles. The number of rotatable bonds is 8. The standard InChI is InChI=1S/C22H35N5S2/c1-15-10-18(4)26(23-15)13-25(14-27-19(5)11-16(2)24-27)17(3)12-20-8-7-9-21(20)22(28)29-6/h10-11,17,20-21H,7-9,12-14H2,1-6H3. The molecule has 2 aromatic heterocycles. The molecule has 160 valence electrons. The van der Waals surface area contributed by atoms with E-state index in [4.69, 9.17) is 22.4 Å². The van der Waals surface area contributed by atoms with Gasteiger partial charge in [-0.25, -0.2) is 0 Å². The van der Waals surface area contributed by atoms with Gasteiger partial charge in [-0.2, -0.15) is 10.2 Å². The van der Waals surface area contributed by atoms with Crippen LogP contribution in [-0.2, 0) is 13.3 Å². The third-order valence-corrected chi connectivity index (χ3v) is 7.78. The van der Waals surface area contributed by atoms with Crippen molar-refractivity contribution in [2.75, 3.05) is 6.26 Å². The normalized spacial score (nSPS) is 20.5. The number of thioether (sulfide) groups is 1. The zero-order valence-electron chi connectivity index (χ0n) is 18.7. The van der Waals surface area contributed by atoms with Crippen LogP contribution in [0.3, 0.4) is 0 Å². The first-order valence-electron chi connectivity index (χ1n) is 10.6. The molecule has 1 aliphatic carbocycles. The van der Waals surface area contributed by atoms with Crippen molar-refractivity contribution in [3.05, 3.63) is 34.9 Å². The number of hydrogen-bond acceptors (Lipinski definition) is 5. The molecule has 0 spiro atoms. The fourth-order valence-corrected chi connectivity index (χ4v) is 5.60. The Morgan fingerprint density at radius 3 is 2.10 bits per heavy atom. The highest BCUT2D eigenvalue weighted by molar-refractivity contribution is 8.22. The second-order valence-corrected chi connectivity index (χ2v) is 10.2. The lowest BCUT2D eigenvalue weighted by atomic mass is 9.91.